The molecule has 6 rings (SSSR count). The van der Waals surface area contributed by atoms with Gasteiger partial charge in [0.05, 0.1) is 5.92 Å². The van der Waals surface area contributed by atoms with Gasteiger partial charge in [0.1, 0.15) is 5.75 Å². The predicted molar refractivity (Wildman–Crippen MR) is 103 cm³/mol. The lowest BCUT2D eigenvalue weighted by atomic mass is 9.57. The number of aromatic hydroxyl groups is 1. The molecule has 0 unspecified atom stereocenters. The summed E-state index contributed by atoms with van der Waals surface area (Å²) in [6.07, 6.45) is 5.53. The zero-order valence-corrected chi connectivity index (χ0v) is 17.1. The Kier molecular flexibility index (Phi) is 4.64. The summed E-state index contributed by atoms with van der Waals surface area (Å²) in [5.41, 5.74) is 0.467. The molecule has 1 saturated carbocycles. The molecule has 6 nitrogen and oxygen atoms in total. The van der Waals surface area contributed by atoms with Crippen molar-refractivity contribution in [3.63, 3.8) is 0 Å². The van der Waals surface area contributed by atoms with Crippen LogP contribution in [-0.2, 0) is 30.5 Å². The number of hydrogen-bond acceptors (Lipinski definition) is 6. The van der Waals surface area contributed by atoms with Gasteiger partial charge in [0.25, 0.3) is 0 Å². The van der Waals surface area contributed by atoms with Crippen LogP contribution in [0.4, 0.5) is 0 Å². The first-order valence-corrected chi connectivity index (χ1v) is 10.9. The highest BCUT2D eigenvalue weighted by atomic mass is 17.3. The minimum atomic E-state index is -0.844. The van der Waals surface area contributed by atoms with E-state index in [1.54, 1.807) is 12.1 Å². The maximum absolute atomic E-state index is 13.0. The van der Waals surface area contributed by atoms with Crippen molar-refractivity contribution >= 4 is 5.97 Å². The summed E-state index contributed by atoms with van der Waals surface area (Å²) in [6, 6.07) is 7.27. The van der Waals surface area contributed by atoms with E-state index in [4.69, 9.17) is 19.2 Å². The minimum Gasteiger partial charge on any atom is -0.508 e. The van der Waals surface area contributed by atoms with Crippen molar-refractivity contribution in [1.29, 1.82) is 0 Å². The molecule has 7 atom stereocenters. The number of carbonyl (C=O) groups excluding carboxylic acids is 1. The van der Waals surface area contributed by atoms with Gasteiger partial charge in [-0.05, 0) is 69.1 Å². The SMILES string of the molecule is C[C@@H]1CC[C@H]2[C@@H](CCCc3ccc(O)cc3)C(=O)O[C@@H]3O[C@@]4(C)CC[C@@H]1[C@]32OO4. The highest BCUT2D eigenvalue weighted by Gasteiger charge is 2.70. The van der Waals surface area contributed by atoms with E-state index in [2.05, 4.69) is 6.92 Å². The highest BCUT2D eigenvalue weighted by Crippen LogP contribution is 2.60. The van der Waals surface area contributed by atoms with Crippen LogP contribution >= 0.6 is 0 Å². The van der Waals surface area contributed by atoms with Crippen molar-refractivity contribution in [2.45, 2.75) is 76.5 Å². The second kappa shape index (κ2) is 6.96. The van der Waals surface area contributed by atoms with E-state index in [9.17, 15) is 9.90 Å². The Morgan fingerprint density at radius 2 is 1.90 bits per heavy atom. The first-order chi connectivity index (χ1) is 13.9. The molecule has 4 aliphatic heterocycles. The van der Waals surface area contributed by atoms with Crippen LogP contribution in [0, 0.1) is 23.7 Å². The van der Waals surface area contributed by atoms with Crippen LogP contribution < -0.4 is 0 Å². The summed E-state index contributed by atoms with van der Waals surface area (Å²) in [5.74, 6) is -0.135. The Morgan fingerprint density at radius 1 is 1.10 bits per heavy atom. The molecular weight excluding hydrogens is 372 g/mol. The molecule has 5 fully saturated rings. The summed E-state index contributed by atoms with van der Waals surface area (Å²) in [5, 5.41) is 9.45. The minimum absolute atomic E-state index is 0.0532. The normalized spacial score (nSPS) is 43.4. The zero-order chi connectivity index (χ0) is 20.2. The van der Waals surface area contributed by atoms with Crippen LogP contribution in [-0.4, -0.2) is 28.8 Å². The standard InChI is InChI=1S/C23H30O6/c1-14-6-11-19-17(5-3-4-15-7-9-16(24)10-8-15)20(25)26-21-23(19)18(14)12-13-22(2,27-21)28-29-23/h7-10,14,17-19,21,24H,3-6,11-13H2,1-2H3/t14-,17-,18+,19+,21-,22-,23-/m1/s1. The number of benzene rings is 1. The van der Waals surface area contributed by atoms with E-state index < -0.39 is 17.7 Å². The van der Waals surface area contributed by atoms with Gasteiger partial charge in [-0.15, -0.1) is 0 Å². The van der Waals surface area contributed by atoms with Gasteiger partial charge in [-0.3, -0.25) is 4.79 Å². The molecule has 6 heteroatoms. The molecule has 0 amide bonds. The van der Waals surface area contributed by atoms with Crippen LogP contribution in [0.25, 0.3) is 0 Å². The maximum Gasteiger partial charge on any atom is 0.311 e. The molecule has 1 spiro atoms. The van der Waals surface area contributed by atoms with E-state index in [1.807, 2.05) is 19.1 Å². The Morgan fingerprint density at radius 3 is 2.69 bits per heavy atom. The lowest BCUT2D eigenvalue weighted by Crippen LogP contribution is -2.70. The predicted octanol–water partition coefficient (Wildman–Crippen LogP) is 4.10. The number of phenolic OH excluding ortho intramolecular Hbond substituents is 1. The highest BCUT2D eigenvalue weighted by molar-refractivity contribution is 5.74. The first-order valence-electron chi connectivity index (χ1n) is 10.9. The smallest absolute Gasteiger partial charge is 0.311 e. The third kappa shape index (κ3) is 3.07. The Hall–Kier alpha value is -1.63. The Balaban J connectivity index is 1.37. The topological polar surface area (TPSA) is 74.2 Å². The molecule has 4 saturated heterocycles. The lowest BCUT2D eigenvalue weighted by molar-refractivity contribution is -0.559. The monoisotopic (exact) mass is 402 g/mol. The molecule has 0 radical (unpaired) electrons. The van der Waals surface area contributed by atoms with E-state index in [1.165, 1.54) is 0 Å². The van der Waals surface area contributed by atoms with E-state index in [0.717, 1.165) is 50.5 Å². The Bertz CT molecular complexity index is 778. The Labute approximate surface area is 171 Å². The van der Waals surface area contributed by atoms with Gasteiger partial charge in [-0.25, -0.2) is 9.78 Å². The molecular formula is C23H30O6. The van der Waals surface area contributed by atoms with Crippen molar-refractivity contribution in [2.75, 3.05) is 0 Å². The summed E-state index contributed by atoms with van der Waals surface area (Å²) >= 11 is 0. The van der Waals surface area contributed by atoms with Gasteiger partial charge in [0, 0.05) is 18.3 Å². The van der Waals surface area contributed by atoms with Crippen LogP contribution in [0.2, 0.25) is 0 Å². The molecule has 2 bridgehead atoms. The van der Waals surface area contributed by atoms with Gasteiger partial charge >= 0.3 is 5.97 Å². The van der Waals surface area contributed by atoms with Crippen LogP contribution in [0.15, 0.2) is 24.3 Å². The van der Waals surface area contributed by atoms with Crippen molar-refractivity contribution < 1.29 is 29.1 Å². The lowest BCUT2D eigenvalue weighted by Gasteiger charge is -2.58. The largest absolute Gasteiger partial charge is 0.508 e. The number of rotatable bonds is 4. The van der Waals surface area contributed by atoms with E-state index in [-0.39, 0.29) is 29.5 Å². The van der Waals surface area contributed by atoms with Crippen LogP contribution in [0.1, 0.15) is 57.9 Å². The van der Waals surface area contributed by atoms with Gasteiger partial charge in [-0.1, -0.05) is 19.1 Å². The van der Waals surface area contributed by atoms with Gasteiger partial charge in [-0.2, -0.15) is 0 Å². The first kappa shape index (κ1) is 19.3. The number of ether oxygens (including phenoxy) is 2. The molecule has 5 aliphatic rings. The second-order valence-corrected chi connectivity index (χ2v) is 9.51. The number of fused-ring (bicyclic) bond motifs is 2. The third-order valence-corrected chi connectivity index (χ3v) is 7.70. The van der Waals surface area contributed by atoms with Crippen molar-refractivity contribution in [1.82, 2.24) is 0 Å². The summed E-state index contributed by atoms with van der Waals surface area (Å²) < 4.78 is 12.0. The van der Waals surface area contributed by atoms with E-state index >= 15 is 0 Å². The molecule has 158 valence electrons. The number of esters is 1. The van der Waals surface area contributed by atoms with Crippen LogP contribution in [0.3, 0.4) is 0 Å². The average molecular weight is 402 g/mol. The zero-order valence-electron chi connectivity index (χ0n) is 17.1. The molecule has 1 aromatic carbocycles. The fourth-order valence-corrected chi connectivity index (χ4v) is 6.12. The number of aryl methyl sites for hydroxylation is 1. The van der Waals surface area contributed by atoms with Gasteiger partial charge in [0.15, 0.2) is 5.60 Å². The third-order valence-electron chi connectivity index (χ3n) is 7.70. The van der Waals surface area contributed by atoms with Crippen molar-refractivity contribution in [3.05, 3.63) is 29.8 Å². The number of phenols is 1. The van der Waals surface area contributed by atoms with Gasteiger partial charge < -0.3 is 14.6 Å². The molecule has 4 heterocycles. The maximum atomic E-state index is 13.0. The quantitative estimate of drug-likeness (QED) is 0.604. The van der Waals surface area contributed by atoms with Crippen molar-refractivity contribution in [3.8, 4) is 5.75 Å². The molecule has 1 aromatic rings. The van der Waals surface area contributed by atoms with Crippen molar-refractivity contribution in [2.24, 2.45) is 23.7 Å². The molecule has 0 aromatic heterocycles. The number of hydrogen-bond donors (Lipinski definition) is 1. The average Bonchev–Trinajstić information content (AvgIpc) is 2.92. The summed E-state index contributed by atoms with van der Waals surface area (Å²) in [7, 11) is 0. The summed E-state index contributed by atoms with van der Waals surface area (Å²) in [4.78, 5) is 24.9. The van der Waals surface area contributed by atoms with E-state index in [0.29, 0.717) is 5.92 Å². The molecule has 29 heavy (non-hydrogen) atoms. The molecule has 1 N–H and O–H groups in total. The second-order valence-electron chi connectivity index (χ2n) is 9.51. The fraction of sp³-hybridized carbons (Fsp3) is 0.696. The fourth-order valence-electron chi connectivity index (χ4n) is 6.12. The van der Waals surface area contributed by atoms with Crippen LogP contribution in [0.5, 0.6) is 5.75 Å². The summed E-state index contributed by atoms with van der Waals surface area (Å²) in [6.45, 7) is 4.14. The van der Waals surface area contributed by atoms with Gasteiger partial charge in [0.2, 0.25) is 12.1 Å². The molecule has 1 aliphatic carbocycles. The number of carbonyl (C=O) groups is 1.